The van der Waals surface area contributed by atoms with Gasteiger partial charge in [-0.05, 0) is 36.6 Å². The van der Waals surface area contributed by atoms with Crippen molar-refractivity contribution in [2.24, 2.45) is 4.99 Å². The van der Waals surface area contributed by atoms with Crippen molar-refractivity contribution in [2.75, 3.05) is 26.8 Å². The van der Waals surface area contributed by atoms with Gasteiger partial charge < -0.3 is 20.1 Å². The summed E-state index contributed by atoms with van der Waals surface area (Å²) in [5.41, 5.74) is 2.51. The van der Waals surface area contributed by atoms with E-state index in [2.05, 4.69) is 69.9 Å². The van der Waals surface area contributed by atoms with E-state index in [9.17, 15) is 0 Å². The zero-order valence-electron chi connectivity index (χ0n) is 17.9. The zero-order valence-corrected chi connectivity index (χ0v) is 17.9. The molecule has 1 saturated heterocycles. The molecule has 2 atom stereocenters. The Hall–Kier alpha value is -2.73. The lowest BCUT2D eigenvalue weighted by Crippen LogP contribution is -2.44. The van der Waals surface area contributed by atoms with E-state index in [1.54, 1.807) is 0 Å². The Morgan fingerprint density at radius 1 is 1.07 bits per heavy atom. The minimum absolute atomic E-state index is 0.388. The number of aliphatic imine (C=N–C) groups is 1. The maximum atomic E-state index is 5.80. The number of ether oxygens (including phenoxy) is 2. The Bertz CT molecular complexity index is 856. The molecule has 0 amide bonds. The molecule has 2 aromatic carbocycles. The summed E-state index contributed by atoms with van der Waals surface area (Å²) in [7, 11) is 1.82. The van der Waals surface area contributed by atoms with Gasteiger partial charge >= 0.3 is 0 Å². The van der Waals surface area contributed by atoms with Crippen LogP contribution in [0.25, 0.3) is 0 Å². The average molecular weight is 409 g/mol. The predicted molar refractivity (Wildman–Crippen MR) is 120 cm³/mol. The SMILES string of the molecule is CN=C(NCc1ccc2c(c1)OCCCO2)NC1CC(C)N(Cc2ccccc2)C1. The van der Waals surface area contributed by atoms with Crippen LogP contribution in [-0.4, -0.2) is 49.7 Å². The molecule has 6 nitrogen and oxygen atoms in total. The van der Waals surface area contributed by atoms with Gasteiger partial charge in [-0.2, -0.15) is 0 Å². The smallest absolute Gasteiger partial charge is 0.191 e. The van der Waals surface area contributed by atoms with Gasteiger partial charge in [0.15, 0.2) is 17.5 Å². The number of nitrogens with one attached hydrogen (secondary N) is 2. The molecule has 30 heavy (non-hydrogen) atoms. The second-order valence-corrected chi connectivity index (χ2v) is 8.10. The molecule has 2 aromatic rings. The molecule has 2 aliphatic heterocycles. The number of hydrogen-bond donors (Lipinski definition) is 2. The summed E-state index contributed by atoms with van der Waals surface area (Å²) in [6, 6.07) is 17.7. The number of fused-ring (bicyclic) bond motifs is 1. The van der Waals surface area contributed by atoms with Gasteiger partial charge in [-0.25, -0.2) is 0 Å². The Morgan fingerprint density at radius 3 is 2.67 bits per heavy atom. The summed E-state index contributed by atoms with van der Waals surface area (Å²) < 4.78 is 11.5. The third kappa shape index (κ3) is 5.25. The maximum absolute atomic E-state index is 5.80. The van der Waals surface area contributed by atoms with E-state index in [4.69, 9.17) is 9.47 Å². The van der Waals surface area contributed by atoms with E-state index < -0.39 is 0 Å². The quantitative estimate of drug-likeness (QED) is 0.588. The minimum atomic E-state index is 0.388. The van der Waals surface area contributed by atoms with Gasteiger partial charge in [0.25, 0.3) is 0 Å². The summed E-state index contributed by atoms with van der Waals surface area (Å²) >= 11 is 0. The fourth-order valence-corrected chi connectivity index (χ4v) is 4.13. The van der Waals surface area contributed by atoms with Crippen molar-refractivity contribution < 1.29 is 9.47 Å². The third-order valence-electron chi connectivity index (χ3n) is 5.77. The Balaban J connectivity index is 1.29. The van der Waals surface area contributed by atoms with Crippen molar-refractivity contribution in [1.29, 1.82) is 0 Å². The lowest BCUT2D eigenvalue weighted by Gasteiger charge is -2.21. The van der Waals surface area contributed by atoms with Crippen LogP contribution in [0.15, 0.2) is 53.5 Å². The van der Waals surface area contributed by atoms with Crippen molar-refractivity contribution in [1.82, 2.24) is 15.5 Å². The van der Waals surface area contributed by atoms with Crippen molar-refractivity contribution in [3.63, 3.8) is 0 Å². The topological polar surface area (TPSA) is 58.1 Å². The van der Waals surface area contributed by atoms with Crippen LogP contribution in [0.1, 0.15) is 30.9 Å². The Morgan fingerprint density at radius 2 is 1.87 bits per heavy atom. The number of nitrogens with zero attached hydrogens (tertiary/aromatic N) is 2. The highest BCUT2D eigenvalue weighted by Crippen LogP contribution is 2.30. The largest absolute Gasteiger partial charge is 0.490 e. The van der Waals surface area contributed by atoms with Gasteiger partial charge in [0.2, 0.25) is 0 Å². The van der Waals surface area contributed by atoms with Gasteiger partial charge in [-0.1, -0.05) is 36.4 Å². The van der Waals surface area contributed by atoms with Crippen LogP contribution in [0, 0.1) is 0 Å². The molecule has 6 heteroatoms. The van der Waals surface area contributed by atoms with E-state index >= 15 is 0 Å². The molecule has 0 bridgehead atoms. The van der Waals surface area contributed by atoms with Gasteiger partial charge in [0, 0.05) is 45.2 Å². The molecule has 2 aliphatic rings. The lowest BCUT2D eigenvalue weighted by atomic mass is 10.2. The second-order valence-electron chi connectivity index (χ2n) is 8.10. The molecule has 1 fully saturated rings. The molecule has 4 rings (SSSR count). The van der Waals surface area contributed by atoms with E-state index in [1.807, 2.05) is 13.1 Å². The second kappa shape index (κ2) is 9.85. The molecule has 0 saturated carbocycles. The molecule has 0 radical (unpaired) electrons. The summed E-state index contributed by atoms with van der Waals surface area (Å²) in [6.07, 6.45) is 2.03. The lowest BCUT2D eigenvalue weighted by molar-refractivity contribution is 0.258. The first kappa shape index (κ1) is 20.5. The standard InChI is InChI=1S/C24H32N4O2/c1-18-13-21(17-28(18)16-19-7-4-3-5-8-19)27-24(25-2)26-15-20-9-10-22-23(14-20)30-12-6-11-29-22/h3-5,7-10,14,18,21H,6,11-13,15-17H2,1-2H3,(H2,25,26,27). The number of hydrogen-bond acceptors (Lipinski definition) is 4. The first-order valence-electron chi connectivity index (χ1n) is 10.8. The minimum Gasteiger partial charge on any atom is -0.490 e. The molecule has 0 aliphatic carbocycles. The van der Waals surface area contributed by atoms with Crippen LogP contribution >= 0.6 is 0 Å². The van der Waals surface area contributed by atoms with E-state index in [1.165, 1.54) is 5.56 Å². The van der Waals surface area contributed by atoms with Crippen LogP contribution in [-0.2, 0) is 13.1 Å². The molecule has 2 unspecified atom stereocenters. The molecular formula is C24H32N4O2. The summed E-state index contributed by atoms with van der Waals surface area (Å²) in [5.74, 6) is 2.49. The molecular weight excluding hydrogens is 376 g/mol. The predicted octanol–water partition coefficient (Wildman–Crippen LogP) is 3.18. The first-order valence-corrected chi connectivity index (χ1v) is 10.8. The maximum Gasteiger partial charge on any atom is 0.191 e. The van der Waals surface area contributed by atoms with Crippen LogP contribution in [0.3, 0.4) is 0 Å². The molecule has 2 N–H and O–H groups in total. The summed E-state index contributed by atoms with van der Waals surface area (Å²) in [4.78, 5) is 6.95. The highest BCUT2D eigenvalue weighted by Gasteiger charge is 2.29. The normalized spacial score (nSPS) is 21.9. The van der Waals surface area contributed by atoms with Crippen molar-refractivity contribution in [2.45, 2.75) is 44.9 Å². The van der Waals surface area contributed by atoms with Gasteiger partial charge in [0.05, 0.1) is 13.2 Å². The van der Waals surface area contributed by atoms with Crippen molar-refractivity contribution >= 4 is 5.96 Å². The highest BCUT2D eigenvalue weighted by atomic mass is 16.5. The monoisotopic (exact) mass is 408 g/mol. The zero-order chi connectivity index (χ0) is 20.8. The number of guanidine groups is 1. The van der Waals surface area contributed by atoms with Crippen LogP contribution in [0.4, 0.5) is 0 Å². The molecule has 160 valence electrons. The number of benzene rings is 2. The molecule has 0 aromatic heterocycles. The van der Waals surface area contributed by atoms with E-state index in [0.717, 1.165) is 49.0 Å². The fourth-order valence-electron chi connectivity index (χ4n) is 4.13. The highest BCUT2D eigenvalue weighted by molar-refractivity contribution is 5.80. The van der Waals surface area contributed by atoms with Gasteiger partial charge in [-0.15, -0.1) is 0 Å². The van der Waals surface area contributed by atoms with Crippen LogP contribution < -0.4 is 20.1 Å². The molecule has 0 spiro atoms. The Labute approximate surface area is 179 Å². The first-order chi connectivity index (χ1) is 14.7. The average Bonchev–Trinajstić information content (AvgIpc) is 2.96. The summed E-state index contributed by atoms with van der Waals surface area (Å²) in [6.45, 7) is 6.41. The van der Waals surface area contributed by atoms with Crippen molar-refractivity contribution in [3.05, 3.63) is 59.7 Å². The van der Waals surface area contributed by atoms with Gasteiger partial charge in [0.1, 0.15) is 0 Å². The number of rotatable bonds is 5. The molecule has 2 heterocycles. The van der Waals surface area contributed by atoms with Crippen molar-refractivity contribution in [3.8, 4) is 11.5 Å². The number of likely N-dealkylation sites (tertiary alicyclic amines) is 1. The van der Waals surface area contributed by atoms with Crippen LogP contribution in [0.2, 0.25) is 0 Å². The Kier molecular flexibility index (Phi) is 6.74. The van der Waals surface area contributed by atoms with Gasteiger partial charge in [-0.3, -0.25) is 9.89 Å². The van der Waals surface area contributed by atoms with E-state index in [0.29, 0.717) is 31.8 Å². The van der Waals surface area contributed by atoms with Crippen LogP contribution in [0.5, 0.6) is 11.5 Å². The third-order valence-corrected chi connectivity index (χ3v) is 5.77. The fraction of sp³-hybridized carbons (Fsp3) is 0.458. The van der Waals surface area contributed by atoms with E-state index in [-0.39, 0.29) is 0 Å². The summed E-state index contributed by atoms with van der Waals surface area (Å²) in [5, 5.41) is 7.03.